The maximum absolute atomic E-state index is 11.2. The van der Waals surface area contributed by atoms with Crippen LogP contribution in [0.2, 0.25) is 0 Å². The van der Waals surface area contributed by atoms with Crippen molar-refractivity contribution in [2.45, 2.75) is 26.7 Å². The second-order valence-corrected chi connectivity index (χ2v) is 3.47. The average molecular weight is 226 g/mol. The van der Waals surface area contributed by atoms with Gasteiger partial charge in [-0.2, -0.15) is 0 Å². The molecule has 0 aromatic carbocycles. The molecule has 1 aromatic rings. The Morgan fingerprint density at radius 2 is 2.12 bits per heavy atom. The van der Waals surface area contributed by atoms with E-state index in [1.807, 2.05) is 0 Å². The third kappa shape index (κ3) is 3.38. The molecule has 0 aliphatic rings. The first kappa shape index (κ1) is 12.2. The minimum atomic E-state index is -1.05. The fourth-order valence-electron chi connectivity index (χ4n) is 1.36. The standard InChI is InChI=1S/C10H14N2O4/c1-6-8(7(2)16-12-6)3-4-9(13)11-5-10(14)15/h3-5H2,1-2H3,(H,11,13)(H,14,15). The zero-order valence-corrected chi connectivity index (χ0v) is 9.24. The Bertz CT molecular complexity index is 378. The third-order valence-electron chi connectivity index (χ3n) is 2.22. The van der Waals surface area contributed by atoms with E-state index >= 15 is 0 Å². The van der Waals surface area contributed by atoms with Gasteiger partial charge in [-0.25, -0.2) is 0 Å². The maximum atomic E-state index is 11.2. The van der Waals surface area contributed by atoms with Gasteiger partial charge in [-0.15, -0.1) is 0 Å². The summed E-state index contributed by atoms with van der Waals surface area (Å²) in [5.41, 5.74) is 1.68. The fraction of sp³-hybridized carbons (Fsp3) is 0.500. The third-order valence-corrected chi connectivity index (χ3v) is 2.22. The van der Waals surface area contributed by atoms with Gasteiger partial charge in [0.25, 0.3) is 0 Å². The summed E-state index contributed by atoms with van der Waals surface area (Å²) < 4.78 is 4.95. The Balaban J connectivity index is 2.40. The van der Waals surface area contributed by atoms with Crippen LogP contribution in [0.25, 0.3) is 0 Å². The lowest BCUT2D eigenvalue weighted by atomic mass is 10.1. The summed E-state index contributed by atoms with van der Waals surface area (Å²) in [6.45, 7) is 3.24. The van der Waals surface area contributed by atoms with Crippen molar-refractivity contribution in [3.05, 3.63) is 17.0 Å². The Morgan fingerprint density at radius 3 is 2.62 bits per heavy atom. The second kappa shape index (κ2) is 5.29. The quantitative estimate of drug-likeness (QED) is 0.759. The van der Waals surface area contributed by atoms with Crippen LogP contribution >= 0.6 is 0 Å². The zero-order valence-electron chi connectivity index (χ0n) is 9.24. The van der Waals surface area contributed by atoms with Crippen molar-refractivity contribution in [1.82, 2.24) is 10.5 Å². The van der Waals surface area contributed by atoms with E-state index in [1.165, 1.54) is 0 Å². The van der Waals surface area contributed by atoms with Crippen LogP contribution in [0.3, 0.4) is 0 Å². The topological polar surface area (TPSA) is 92.4 Å². The number of carbonyl (C=O) groups excluding carboxylic acids is 1. The van der Waals surface area contributed by atoms with Crippen LogP contribution in [0.5, 0.6) is 0 Å². The predicted molar refractivity (Wildman–Crippen MR) is 54.9 cm³/mol. The summed E-state index contributed by atoms with van der Waals surface area (Å²) in [7, 11) is 0. The molecule has 6 heteroatoms. The predicted octanol–water partition coefficient (Wildman–Crippen LogP) is 0.425. The van der Waals surface area contributed by atoms with E-state index in [-0.39, 0.29) is 18.9 Å². The number of aryl methyl sites for hydroxylation is 2. The molecule has 0 saturated carbocycles. The molecule has 1 heterocycles. The van der Waals surface area contributed by atoms with Gasteiger partial charge < -0.3 is 14.9 Å². The summed E-state index contributed by atoms with van der Waals surface area (Å²) >= 11 is 0. The molecule has 0 saturated heterocycles. The van der Waals surface area contributed by atoms with E-state index in [9.17, 15) is 9.59 Å². The van der Waals surface area contributed by atoms with Crippen LogP contribution in [-0.4, -0.2) is 28.7 Å². The second-order valence-electron chi connectivity index (χ2n) is 3.47. The first-order chi connectivity index (χ1) is 7.50. The normalized spacial score (nSPS) is 10.1. The first-order valence-corrected chi connectivity index (χ1v) is 4.91. The van der Waals surface area contributed by atoms with E-state index in [2.05, 4.69) is 10.5 Å². The van der Waals surface area contributed by atoms with Gasteiger partial charge in [0.05, 0.1) is 5.69 Å². The van der Waals surface area contributed by atoms with Crippen molar-refractivity contribution in [1.29, 1.82) is 0 Å². The molecule has 0 aliphatic carbocycles. The molecule has 88 valence electrons. The van der Waals surface area contributed by atoms with E-state index in [0.717, 1.165) is 11.3 Å². The highest BCUT2D eigenvalue weighted by atomic mass is 16.5. The van der Waals surface area contributed by atoms with Crippen LogP contribution in [0.15, 0.2) is 4.52 Å². The zero-order chi connectivity index (χ0) is 12.1. The molecule has 0 atom stereocenters. The van der Waals surface area contributed by atoms with Crippen LogP contribution in [0.1, 0.15) is 23.4 Å². The van der Waals surface area contributed by atoms with Crippen LogP contribution in [-0.2, 0) is 16.0 Å². The molecule has 0 radical (unpaired) electrons. The number of carboxylic acid groups (broad SMARTS) is 1. The molecule has 16 heavy (non-hydrogen) atoms. The van der Waals surface area contributed by atoms with Gasteiger partial charge >= 0.3 is 5.97 Å². The molecule has 6 nitrogen and oxygen atoms in total. The van der Waals surface area contributed by atoms with Gasteiger partial charge in [-0.1, -0.05) is 5.16 Å². The minimum Gasteiger partial charge on any atom is -0.480 e. The SMILES string of the molecule is Cc1noc(C)c1CCC(=O)NCC(=O)O. The smallest absolute Gasteiger partial charge is 0.322 e. The van der Waals surface area contributed by atoms with Crippen molar-refractivity contribution in [3.63, 3.8) is 0 Å². The molecule has 1 amide bonds. The van der Waals surface area contributed by atoms with Crippen molar-refractivity contribution >= 4 is 11.9 Å². The fourth-order valence-corrected chi connectivity index (χ4v) is 1.36. The molecule has 2 N–H and O–H groups in total. The van der Waals surface area contributed by atoms with Gasteiger partial charge in [-0.3, -0.25) is 9.59 Å². The average Bonchev–Trinajstić information content (AvgIpc) is 2.53. The summed E-state index contributed by atoms with van der Waals surface area (Å²) in [6.07, 6.45) is 0.739. The lowest BCUT2D eigenvalue weighted by Crippen LogP contribution is -2.29. The number of hydrogen-bond acceptors (Lipinski definition) is 4. The van der Waals surface area contributed by atoms with Gasteiger partial charge in [0.15, 0.2) is 0 Å². The van der Waals surface area contributed by atoms with Gasteiger partial charge in [0.1, 0.15) is 12.3 Å². The van der Waals surface area contributed by atoms with Crippen molar-refractivity contribution in [2.75, 3.05) is 6.54 Å². The number of rotatable bonds is 5. The first-order valence-electron chi connectivity index (χ1n) is 4.91. The summed E-state index contributed by atoms with van der Waals surface area (Å²) in [5, 5.41) is 14.4. The molecule has 1 rings (SSSR count). The van der Waals surface area contributed by atoms with E-state index in [4.69, 9.17) is 9.63 Å². The van der Waals surface area contributed by atoms with E-state index in [1.54, 1.807) is 13.8 Å². The number of nitrogens with one attached hydrogen (secondary N) is 1. The highest BCUT2D eigenvalue weighted by Gasteiger charge is 2.11. The van der Waals surface area contributed by atoms with Crippen LogP contribution in [0.4, 0.5) is 0 Å². The molecule has 0 bridgehead atoms. The Hall–Kier alpha value is -1.85. The molecular formula is C10H14N2O4. The van der Waals surface area contributed by atoms with Gasteiger partial charge in [0, 0.05) is 12.0 Å². The number of carboxylic acids is 1. The minimum absolute atomic E-state index is 0.232. The van der Waals surface area contributed by atoms with E-state index < -0.39 is 5.97 Å². The number of amides is 1. The lowest BCUT2D eigenvalue weighted by Gasteiger charge is -2.01. The molecule has 1 aromatic heterocycles. The molecule has 0 aliphatic heterocycles. The van der Waals surface area contributed by atoms with Gasteiger partial charge in [-0.05, 0) is 20.3 Å². The van der Waals surface area contributed by atoms with Crippen molar-refractivity contribution in [2.24, 2.45) is 0 Å². The largest absolute Gasteiger partial charge is 0.480 e. The highest BCUT2D eigenvalue weighted by molar-refractivity contribution is 5.81. The number of aromatic nitrogens is 1. The molecular weight excluding hydrogens is 212 g/mol. The highest BCUT2D eigenvalue weighted by Crippen LogP contribution is 2.13. The Labute approximate surface area is 92.6 Å². The summed E-state index contributed by atoms with van der Waals surface area (Å²) in [6, 6.07) is 0. The van der Waals surface area contributed by atoms with Crippen LogP contribution in [0, 0.1) is 13.8 Å². The monoisotopic (exact) mass is 226 g/mol. The van der Waals surface area contributed by atoms with E-state index in [0.29, 0.717) is 12.2 Å². The van der Waals surface area contributed by atoms with Crippen molar-refractivity contribution < 1.29 is 19.2 Å². The maximum Gasteiger partial charge on any atom is 0.322 e. The number of aliphatic carboxylic acids is 1. The number of hydrogen-bond donors (Lipinski definition) is 2. The summed E-state index contributed by atoms with van der Waals surface area (Å²) in [5.74, 6) is -0.642. The number of carbonyl (C=O) groups is 2. The molecule has 0 spiro atoms. The molecule has 0 unspecified atom stereocenters. The summed E-state index contributed by atoms with van der Waals surface area (Å²) in [4.78, 5) is 21.4. The lowest BCUT2D eigenvalue weighted by molar-refractivity contribution is -0.137. The molecule has 0 fully saturated rings. The van der Waals surface area contributed by atoms with Crippen LogP contribution < -0.4 is 5.32 Å². The van der Waals surface area contributed by atoms with Gasteiger partial charge in [0.2, 0.25) is 5.91 Å². The number of nitrogens with zero attached hydrogens (tertiary/aromatic N) is 1. The Kier molecular flexibility index (Phi) is 4.04. The van der Waals surface area contributed by atoms with Crippen molar-refractivity contribution in [3.8, 4) is 0 Å². The Morgan fingerprint density at radius 1 is 1.44 bits per heavy atom.